The van der Waals surface area contributed by atoms with Crippen molar-refractivity contribution in [3.05, 3.63) is 24.3 Å². The normalized spacial score (nSPS) is 12.2. The van der Waals surface area contributed by atoms with E-state index in [9.17, 15) is 9.59 Å². The predicted molar refractivity (Wildman–Crippen MR) is 261 cm³/mol. The van der Waals surface area contributed by atoms with E-state index in [1.165, 1.54) is 225 Å². The van der Waals surface area contributed by atoms with Crippen LogP contribution in [0.25, 0.3) is 0 Å². The average molecular weight is 845 g/mol. The minimum atomic E-state index is -0.533. The fourth-order valence-electron chi connectivity index (χ4n) is 7.91. The Balaban J connectivity index is 4.18. The van der Waals surface area contributed by atoms with Gasteiger partial charge >= 0.3 is 11.9 Å². The predicted octanol–water partition coefficient (Wildman–Crippen LogP) is 18.0. The van der Waals surface area contributed by atoms with Crippen LogP contribution in [0.4, 0.5) is 0 Å². The molecule has 0 saturated carbocycles. The maximum atomic E-state index is 12.8. The van der Waals surface area contributed by atoms with Crippen LogP contribution in [-0.2, 0) is 23.8 Å². The summed E-state index contributed by atoms with van der Waals surface area (Å²) in [6.45, 7) is 7.86. The molecule has 1 unspecified atom stereocenters. The molecule has 0 fully saturated rings. The molecule has 0 aliphatic carbocycles. The van der Waals surface area contributed by atoms with Crippen molar-refractivity contribution in [2.45, 2.75) is 297 Å². The molecule has 0 aliphatic rings. The third kappa shape index (κ3) is 49.0. The summed E-state index contributed by atoms with van der Waals surface area (Å²) in [5.41, 5.74) is 0. The minimum absolute atomic E-state index is 0.0875. The molecule has 0 rings (SSSR count). The van der Waals surface area contributed by atoms with Crippen LogP contribution in [-0.4, -0.2) is 37.9 Å². The fourth-order valence-corrected chi connectivity index (χ4v) is 7.91. The van der Waals surface area contributed by atoms with Gasteiger partial charge in [-0.25, -0.2) is 0 Å². The Morgan fingerprint density at radius 3 is 1.02 bits per heavy atom. The SMILES string of the molecule is CCCCCCCC/C=C\CCCCCCCCCC(=O)OCC(COCCCCCCCCCCCC)OC(=O)CCCCCCCCC/C=C\CCCCCCCC. The molecule has 0 radical (unpaired) electrons. The summed E-state index contributed by atoms with van der Waals surface area (Å²) in [5, 5.41) is 0. The van der Waals surface area contributed by atoms with Crippen molar-refractivity contribution in [3.63, 3.8) is 0 Å². The Hall–Kier alpha value is -1.62. The summed E-state index contributed by atoms with van der Waals surface area (Å²) in [4.78, 5) is 25.4. The van der Waals surface area contributed by atoms with Crippen LogP contribution < -0.4 is 0 Å². The number of hydrogen-bond donors (Lipinski definition) is 0. The molecule has 0 amide bonds. The number of unbranched alkanes of at least 4 members (excludes halogenated alkanes) is 35. The van der Waals surface area contributed by atoms with E-state index in [2.05, 4.69) is 45.1 Å². The van der Waals surface area contributed by atoms with E-state index in [0.717, 1.165) is 32.1 Å². The molecule has 0 saturated heterocycles. The number of allylic oxidation sites excluding steroid dienone is 4. The zero-order valence-corrected chi connectivity index (χ0v) is 40.7. The van der Waals surface area contributed by atoms with Crippen LogP contribution in [0, 0.1) is 0 Å². The van der Waals surface area contributed by atoms with Gasteiger partial charge in [-0.1, -0.05) is 231 Å². The third-order valence-electron chi connectivity index (χ3n) is 12.0. The molecular weight excluding hydrogens is 741 g/mol. The van der Waals surface area contributed by atoms with E-state index < -0.39 is 6.10 Å². The summed E-state index contributed by atoms with van der Waals surface area (Å²) in [5.74, 6) is -0.391. The van der Waals surface area contributed by atoms with Crippen LogP contribution >= 0.6 is 0 Å². The van der Waals surface area contributed by atoms with E-state index in [1.807, 2.05) is 0 Å². The van der Waals surface area contributed by atoms with Crippen LogP contribution in [0.15, 0.2) is 24.3 Å². The lowest BCUT2D eigenvalue weighted by molar-refractivity contribution is -0.163. The van der Waals surface area contributed by atoms with Gasteiger partial charge in [0.05, 0.1) is 6.61 Å². The Labute approximate surface area is 375 Å². The molecule has 60 heavy (non-hydrogen) atoms. The number of carbonyl (C=O) groups excluding carboxylic acids is 2. The molecule has 0 spiro atoms. The summed E-state index contributed by atoms with van der Waals surface area (Å²) >= 11 is 0. The van der Waals surface area contributed by atoms with Crippen LogP contribution in [0.1, 0.15) is 290 Å². The van der Waals surface area contributed by atoms with Gasteiger partial charge in [0.25, 0.3) is 0 Å². The Morgan fingerprint density at radius 2 is 0.650 bits per heavy atom. The molecule has 0 aromatic carbocycles. The monoisotopic (exact) mass is 845 g/mol. The lowest BCUT2D eigenvalue weighted by Crippen LogP contribution is -2.30. The number of carbonyl (C=O) groups is 2. The van der Waals surface area contributed by atoms with E-state index in [-0.39, 0.29) is 18.5 Å². The van der Waals surface area contributed by atoms with Gasteiger partial charge in [0.1, 0.15) is 6.61 Å². The molecule has 0 aromatic rings. The van der Waals surface area contributed by atoms with Gasteiger partial charge in [-0.3, -0.25) is 9.59 Å². The summed E-state index contributed by atoms with van der Waals surface area (Å²) in [6, 6.07) is 0. The fraction of sp³-hybridized carbons (Fsp3) is 0.891. The van der Waals surface area contributed by atoms with E-state index in [4.69, 9.17) is 14.2 Å². The van der Waals surface area contributed by atoms with Gasteiger partial charge in [-0.2, -0.15) is 0 Å². The quantitative estimate of drug-likeness (QED) is 0.0347. The minimum Gasteiger partial charge on any atom is -0.462 e. The van der Waals surface area contributed by atoms with Crippen molar-refractivity contribution < 1.29 is 23.8 Å². The van der Waals surface area contributed by atoms with Crippen molar-refractivity contribution in [2.24, 2.45) is 0 Å². The van der Waals surface area contributed by atoms with Crippen LogP contribution in [0.5, 0.6) is 0 Å². The van der Waals surface area contributed by atoms with Gasteiger partial charge in [-0.05, 0) is 70.6 Å². The maximum Gasteiger partial charge on any atom is 0.306 e. The molecule has 0 bridgehead atoms. The van der Waals surface area contributed by atoms with Crippen molar-refractivity contribution in [2.75, 3.05) is 19.8 Å². The average Bonchev–Trinajstić information content (AvgIpc) is 3.25. The Morgan fingerprint density at radius 1 is 0.350 bits per heavy atom. The highest BCUT2D eigenvalue weighted by Gasteiger charge is 2.17. The zero-order valence-electron chi connectivity index (χ0n) is 40.7. The van der Waals surface area contributed by atoms with Gasteiger partial charge in [-0.15, -0.1) is 0 Å². The molecule has 1 atom stereocenters. The lowest BCUT2D eigenvalue weighted by atomic mass is 10.1. The smallest absolute Gasteiger partial charge is 0.306 e. The second-order valence-electron chi connectivity index (χ2n) is 18.1. The van der Waals surface area contributed by atoms with Gasteiger partial charge in [0, 0.05) is 19.4 Å². The first-order valence-corrected chi connectivity index (χ1v) is 26.9. The second kappa shape index (κ2) is 51.7. The molecule has 5 heteroatoms. The Bertz CT molecular complexity index is 913. The second-order valence-corrected chi connectivity index (χ2v) is 18.1. The summed E-state index contributed by atoms with van der Waals surface area (Å²) in [6.07, 6.45) is 60.4. The topological polar surface area (TPSA) is 61.8 Å². The highest BCUT2D eigenvalue weighted by molar-refractivity contribution is 5.70. The molecule has 5 nitrogen and oxygen atoms in total. The highest BCUT2D eigenvalue weighted by atomic mass is 16.6. The molecule has 354 valence electrons. The van der Waals surface area contributed by atoms with Gasteiger partial charge in [0.2, 0.25) is 0 Å². The van der Waals surface area contributed by atoms with Gasteiger partial charge in [0.15, 0.2) is 6.10 Å². The molecule has 0 heterocycles. The first-order chi connectivity index (χ1) is 29.6. The van der Waals surface area contributed by atoms with E-state index in [1.54, 1.807) is 0 Å². The molecular formula is C55H104O5. The van der Waals surface area contributed by atoms with E-state index >= 15 is 0 Å². The number of ether oxygens (including phenoxy) is 3. The van der Waals surface area contributed by atoms with Gasteiger partial charge < -0.3 is 14.2 Å². The summed E-state index contributed by atoms with van der Waals surface area (Å²) < 4.78 is 17.4. The van der Waals surface area contributed by atoms with Crippen molar-refractivity contribution >= 4 is 11.9 Å². The Kier molecular flexibility index (Phi) is 50.3. The molecule has 0 N–H and O–H groups in total. The highest BCUT2D eigenvalue weighted by Crippen LogP contribution is 2.15. The van der Waals surface area contributed by atoms with Crippen molar-refractivity contribution in [1.29, 1.82) is 0 Å². The van der Waals surface area contributed by atoms with E-state index in [0.29, 0.717) is 26.1 Å². The van der Waals surface area contributed by atoms with Crippen molar-refractivity contribution in [1.82, 2.24) is 0 Å². The lowest BCUT2D eigenvalue weighted by Gasteiger charge is -2.18. The van der Waals surface area contributed by atoms with Crippen LogP contribution in [0.3, 0.4) is 0 Å². The van der Waals surface area contributed by atoms with Crippen LogP contribution in [0.2, 0.25) is 0 Å². The first-order valence-electron chi connectivity index (χ1n) is 26.9. The number of hydrogen-bond acceptors (Lipinski definition) is 5. The maximum absolute atomic E-state index is 12.8. The zero-order chi connectivity index (χ0) is 43.5. The number of esters is 2. The first kappa shape index (κ1) is 58.4. The molecule has 0 aromatic heterocycles. The number of rotatable bonds is 50. The standard InChI is InChI=1S/C55H104O5/c1-4-7-10-13-16-19-22-24-26-28-30-32-34-36-39-42-45-48-54(56)59-52-53(51-58-50-47-44-41-38-21-18-15-12-9-6-3)60-55(57)49-46-43-40-37-35-33-31-29-27-25-23-20-17-14-11-8-5-2/h24-27,53H,4-23,28-52H2,1-3H3/b26-24-,27-25-. The molecule has 0 aliphatic heterocycles. The largest absolute Gasteiger partial charge is 0.462 e. The van der Waals surface area contributed by atoms with Crippen molar-refractivity contribution in [3.8, 4) is 0 Å². The third-order valence-corrected chi connectivity index (χ3v) is 12.0. The summed E-state index contributed by atoms with van der Waals surface area (Å²) in [7, 11) is 0.